The fraction of sp³-hybridized carbons (Fsp3) is 0.944. The molecule has 1 N–H and O–H groups in total. The lowest BCUT2D eigenvalue weighted by Crippen LogP contribution is -3.10. The van der Waals surface area contributed by atoms with Gasteiger partial charge in [0.25, 0.3) is 0 Å². The maximum atomic E-state index is 9.49. The van der Waals surface area contributed by atoms with Crippen LogP contribution in [0.15, 0.2) is 0 Å². The van der Waals surface area contributed by atoms with E-state index in [0.717, 1.165) is 6.04 Å². The summed E-state index contributed by atoms with van der Waals surface area (Å²) in [6, 6.07) is 0.904. The van der Waals surface area contributed by atoms with Crippen LogP contribution in [0.3, 0.4) is 0 Å². The first-order chi connectivity index (χ1) is 9.99. The van der Waals surface area contributed by atoms with Crippen molar-refractivity contribution in [2.75, 3.05) is 14.1 Å². The molecular formula is C18H39NO2. The lowest BCUT2D eigenvalue weighted by atomic mass is 10.0. The molecule has 0 aromatic heterocycles. The van der Waals surface area contributed by atoms with Crippen LogP contribution in [0.2, 0.25) is 0 Å². The number of carboxylic acids is 1. The molecule has 21 heavy (non-hydrogen) atoms. The van der Waals surface area contributed by atoms with Crippen LogP contribution in [-0.4, -0.2) is 26.1 Å². The van der Waals surface area contributed by atoms with Crippen LogP contribution < -0.4 is 10.0 Å². The number of carboxylic acid groups (broad SMARTS) is 1. The first kappa shape index (κ1) is 22.7. The number of unbranched alkanes of at least 4 members (excludes halogenated alkanes) is 5. The van der Waals surface area contributed by atoms with Gasteiger partial charge in [-0.15, -0.1) is 0 Å². The minimum Gasteiger partial charge on any atom is -0.550 e. The van der Waals surface area contributed by atoms with Gasteiger partial charge in [-0.05, 0) is 25.7 Å². The number of hydrogen-bond acceptors (Lipinski definition) is 2. The highest BCUT2D eigenvalue weighted by Gasteiger charge is 2.12. The number of aliphatic carboxylic acids is 1. The molecule has 0 spiro atoms. The van der Waals surface area contributed by atoms with Crippen molar-refractivity contribution in [1.29, 1.82) is 0 Å². The molecule has 0 heterocycles. The molecule has 0 radical (unpaired) electrons. The van der Waals surface area contributed by atoms with Crippen molar-refractivity contribution < 1.29 is 14.8 Å². The number of carbonyl (C=O) groups is 1. The van der Waals surface area contributed by atoms with Crippen LogP contribution in [0.5, 0.6) is 0 Å². The Labute approximate surface area is 133 Å². The van der Waals surface area contributed by atoms with E-state index in [-0.39, 0.29) is 6.42 Å². The summed E-state index contributed by atoms with van der Waals surface area (Å²) in [5, 5.41) is 9.49. The van der Waals surface area contributed by atoms with E-state index in [0.29, 0.717) is 6.42 Å². The van der Waals surface area contributed by atoms with Crippen LogP contribution in [0, 0.1) is 0 Å². The molecule has 3 nitrogen and oxygen atoms in total. The van der Waals surface area contributed by atoms with Gasteiger partial charge >= 0.3 is 0 Å². The molecule has 1 unspecified atom stereocenters. The van der Waals surface area contributed by atoms with Gasteiger partial charge in [0.2, 0.25) is 0 Å². The van der Waals surface area contributed by atoms with Crippen LogP contribution in [-0.2, 0) is 4.79 Å². The second-order valence-electron chi connectivity index (χ2n) is 6.24. The highest BCUT2D eigenvalue weighted by molar-refractivity contribution is 5.63. The molecule has 0 aromatic carbocycles. The van der Waals surface area contributed by atoms with E-state index in [2.05, 4.69) is 27.9 Å². The minimum absolute atomic E-state index is 0.181. The third-order valence-corrected chi connectivity index (χ3v) is 3.81. The summed E-state index contributed by atoms with van der Waals surface area (Å²) in [5.74, 6) is -0.961. The lowest BCUT2D eigenvalue weighted by molar-refractivity contribution is -0.886. The second kappa shape index (κ2) is 17.5. The summed E-state index contributed by atoms with van der Waals surface area (Å²) in [4.78, 5) is 11.1. The van der Waals surface area contributed by atoms with E-state index in [9.17, 15) is 9.90 Å². The summed E-state index contributed by atoms with van der Waals surface area (Å²) in [7, 11) is 4.61. The first-order valence-electron chi connectivity index (χ1n) is 8.99. The molecule has 1 atom stereocenters. The molecule has 0 saturated carbocycles. The highest BCUT2D eigenvalue weighted by Crippen LogP contribution is 2.09. The molecule has 0 aliphatic heterocycles. The van der Waals surface area contributed by atoms with E-state index in [1.807, 2.05) is 0 Å². The smallest absolute Gasteiger partial charge is 0.0870 e. The molecule has 0 saturated heterocycles. The average molecular weight is 302 g/mol. The average Bonchev–Trinajstić information content (AvgIpc) is 2.41. The predicted octanol–water partition coefficient (Wildman–Crippen LogP) is 2.59. The lowest BCUT2D eigenvalue weighted by Gasteiger charge is -2.20. The molecule has 0 rings (SSSR count). The summed E-state index contributed by atoms with van der Waals surface area (Å²) < 4.78 is 0. The number of rotatable bonds is 12. The molecule has 0 fully saturated rings. The van der Waals surface area contributed by atoms with Crippen molar-refractivity contribution >= 4 is 5.97 Å². The molecule has 0 aromatic rings. The number of quaternary nitrogens is 1. The van der Waals surface area contributed by atoms with Crippen molar-refractivity contribution in [2.24, 2.45) is 0 Å². The molecule has 0 aliphatic carbocycles. The van der Waals surface area contributed by atoms with Gasteiger partial charge in [0, 0.05) is 5.97 Å². The molecule has 128 valence electrons. The van der Waals surface area contributed by atoms with Gasteiger partial charge in [0.05, 0.1) is 20.1 Å². The molecule has 0 bridgehead atoms. The quantitative estimate of drug-likeness (QED) is 0.563. The standard InChI is InChI=1S/C14H31N.C4H8O2/c1-5-7-8-9-10-11-13-14(12-6-2)15(3)4;1-2-3-4(5)6/h14H,5-13H2,1-4H3;2-3H2,1H3,(H,5,6). The maximum Gasteiger partial charge on any atom is 0.0870 e. The van der Waals surface area contributed by atoms with Crippen LogP contribution >= 0.6 is 0 Å². The highest BCUT2D eigenvalue weighted by atomic mass is 16.4. The third kappa shape index (κ3) is 19.4. The summed E-state index contributed by atoms with van der Waals surface area (Å²) in [6.07, 6.45) is 13.6. The van der Waals surface area contributed by atoms with Crippen molar-refractivity contribution in [3.63, 3.8) is 0 Å². The fourth-order valence-corrected chi connectivity index (χ4v) is 2.45. The number of nitrogens with one attached hydrogen (secondary N) is 1. The second-order valence-corrected chi connectivity index (χ2v) is 6.24. The minimum atomic E-state index is -0.961. The Bertz CT molecular complexity index is 217. The van der Waals surface area contributed by atoms with Crippen molar-refractivity contribution in [3.8, 4) is 0 Å². The zero-order valence-corrected chi connectivity index (χ0v) is 15.2. The Kier molecular flexibility index (Phi) is 18.9. The summed E-state index contributed by atoms with van der Waals surface area (Å²) in [6.45, 7) is 6.39. The van der Waals surface area contributed by atoms with E-state index in [1.54, 1.807) is 11.8 Å². The molecule has 0 aliphatic rings. The number of carbonyl (C=O) groups excluding carboxylic acids is 1. The normalized spacial score (nSPS) is 11.9. The Morgan fingerprint density at radius 1 is 0.857 bits per heavy atom. The van der Waals surface area contributed by atoms with Crippen LogP contribution in [0.4, 0.5) is 0 Å². The zero-order chi connectivity index (χ0) is 16.5. The van der Waals surface area contributed by atoms with Crippen LogP contribution in [0.25, 0.3) is 0 Å². The van der Waals surface area contributed by atoms with Gasteiger partial charge in [-0.2, -0.15) is 0 Å². The predicted molar refractivity (Wildman–Crippen MR) is 89.4 cm³/mol. The van der Waals surface area contributed by atoms with Crippen molar-refractivity contribution in [1.82, 2.24) is 0 Å². The Morgan fingerprint density at radius 2 is 1.43 bits per heavy atom. The Morgan fingerprint density at radius 3 is 1.81 bits per heavy atom. The van der Waals surface area contributed by atoms with Crippen molar-refractivity contribution in [2.45, 2.75) is 97.4 Å². The summed E-state index contributed by atoms with van der Waals surface area (Å²) >= 11 is 0. The molecule has 3 heteroatoms. The van der Waals surface area contributed by atoms with Gasteiger partial charge < -0.3 is 14.8 Å². The van der Waals surface area contributed by atoms with E-state index in [4.69, 9.17) is 0 Å². The van der Waals surface area contributed by atoms with Gasteiger partial charge in [-0.3, -0.25) is 0 Å². The van der Waals surface area contributed by atoms with Gasteiger partial charge in [0.1, 0.15) is 0 Å². The molecular weight excluding hydrogens is 262 g/mol. The van der Waals surface area contributed by atoms with E-state index >= 15 is 0 Å². The maximum absolute atomic E-state index is 9.49. The third-order valence-electron chi connectivity index (χ3n) is 3.81. The number of hydrogen-bond donors (Lipinski definition) is 1. The summed E-state index contributed by atoms with van der Waals surface area (Å²) in [5.41, 5.74) is 0. The van der Waals surface area contributed by atoms with E-state index < -0.39 is 5.97 Å². The van der Waals surface area contributed by atoms with Gasteiger partial charge in [-0.1, -0.05) is 65.7 Å². The van der Waals surface area contributed by atoms with E-state index in [1.165, 1.54) is 57.8 Å². The largest absolute Gasteiger partial charge is 0.550 e. The van der Waals surface area contributed by atoms with Crippen molar-refractivity contribution in [3.05, 3.63) is 0 Å². The van der Waals surface area contributed by atoms with Crippen LogP contribution in [0.1, 0.15) is 91.4 Å². The SMILES string of the molecule is CCCC(=O)[O-].CCCCCCCCC(CCC)[NH+](C)C. The first-order valence-corrected chi connectivity index (χ1v) is 8.99. The topological polar surface area (TPSA) is 44.6 Å². The van der Waals surface area contributed by atoms with Gasteiger partial charge in [-0.25, -0.2) is 0 Å². The Balaban J connectivity index is 0. The molecule has 0 amide bonds. The van der Waals surface area contributed by atoms with Gasteiger partial charge in [0.15, 0.2) is 0 Å². The zero-order valence-electron chi connectivity index (χ0n) is 15.2. The Hall–Kier alpha value is -0.570. The fourth-order valence-electron chi connectivity index (χ4n) is 2.45. The monoisotopic (exact) mass is 301 g/mol.